The molecule has 0 bridgehead atoms. The highest BCUT2D eigenvalue weighted by Crippen LogP contribution is 2.30. The zero-order valence-electron chi connectivity index (χ0n) is 15.5. The summed E-state index contributed by atoms with van der Waals surface area (Å²) in [6, 6.07) is 6.50. The summed E-state index contributed by atoms with van der Waals surface area (Å²) in [7, 11) is 0. The summed E-state index contributed by atoms with van der Waals surface area (Å²) < 4.78 is 0. The van der Waals surface area contributed by atoms with Gasteiger partial charge in [-0.3, -0.25) is 4.99 Å². The fourth-order valence-corrected chi connectivity index (χ4v) is 4.36. The first-order valence-electron chi connectivity index (χ1n) is 10.1. The number of anilines is 1. The van der Waals surface area contributed by atoms with Crippen molar-refractivity contribution >= 4 is 29.7 Å². The van der Waals surface area contributed by atoms with Gasteiger partial charge in [-0.2, -0.15) is 0 Å². The molecule has 26 heavy (non-hydrogen) atoms. The number of piperidine rings is 2. The van der Waals surface area contributed by atoms with Crippen LogP contribution in [0.25, 0.3) is 0 Å². The Morgan fingerprint density at radius 2 is 1.50 bits per heavy atom. The van der Waals surface area contributed by atoms with Crippen LogP contribution >= 0.6 is 12.6 Å². The van der Waals surface area contributed by atoms with Gasteiger partial charge in [0.25, 0.3) is 0 Å². The molecular formula is C22H29N3S. The first kappa shape index (κ1) is 17.7. The Morgan fingerprint density at radius 1 is 0.808 bits per heavy atom. The molecule has 0 aromatic heterocycles. The lowest BCUT2D eigenvalue weighted by Gasteiger charge is -2.30. The molecule has 2 saturated heterocycles. The molecule has 4 heteroatoms. The molecule has 4 rings (SSSR count). The van der Waals surface area contributed by atoms with Crippen LogP contribution in [0.15, 0.2) is 52.0 Å². The summed E-state index contributed by atoms with van der Waals surface area (Å²) in [5.74, 6) is 0. The largest absolute Gasteiger partial charge is 0.372 e. The Hall–Kier alpha value is -1.68. The number of hydrogen-bond donors (Lipinski definition) is 1. The minimum Gasteiger partial charge on any atom is -0.372 e. The minimum atomic E-state index is 0.906. The first-order valence-corrected chi connectivity index (χ1v) is 10.5. The van der Waals surface area contributed by atoms with Crippen LogP contribution in [-0.2, 0) is 0 Å². The van der Waals surface area contributed by atoms with Gasteiger partial charge >= 0.3 is 0 Å². The summed E-state index contributed by atoms with van der Waals surface area (Å²) in [6.45, 7) is 4.71. The molecule has 2 fully saturated rings. The number of aliphatic imine (C=N–C) groups is 1. The summed E-state index contributed by atoms with van der Waals surface area (Å²) in [4.78, 5) is 10.8. The second-order valence-corrected chi connectivity index (χ2v) is 8.02. The topological polar surface area (TPSA) is 18.8 Å². The van der Waals surface area contributed by atoms with E-state index < -0.39 is 0 Å². The number of likely N-dealkylation sites (tertiary alicyclic amines) is 1. The van der Waals surface area contributed by atoms with E-state index in [1.807, 2.05) is 0 Å². The van der Waals surface area contributed by atoms with Crippen molar-refractivity contribution < 1.29 is 0 Å². The molecule has 2 aliphatic heterocycles. The smallest absolute Gasteiger partial charge is 0.0767 e. The van der Waals surface area contributed by atoms with Gasteiger partial charge in [0.2, 0.25) is 0 Å². The summed E-state index contributed by atoms with van der Waals surface area (Å²) in [5, 5.41) is 0. The van der Waals surface area contributed by atoms with E-state index in [1.54, 1.807) is 0 Å². The quantitative estimate of drug-likeness (QED) is 0.724. The predicted molar refractivity (Wildman–Crippen MR) is 114 cm³/mol. The van der Waals surface area contributed by atoms with Gasteiger partial charge in [0, 0.05) is 54.6 Å². The Kier molecular flexibility index (Phi) is 5.68. The van der Waals surface area contributed by atoms with Crippen LogP contribution in [0.5, 0.6) is 0 Å². The number of thiol groups is 1. The lowest BCUT2D eigenvalue weighted by atomic mass is 10.1. The van der Waals surface area contributed by atoms with E-state index in [4.69, 9.17) is 17.6 Å². The van der Waals surface area contributed by atoms with Crippen LogP contribution in [0.2, 0.25) is 0 Å². The first-order chi connectivity index (χ1) is 12.8. The van der Waals surface area contributed by atoms with Crippen LogP contribution in [0, 0.1) is 0 Å². The molecule has 1 aromatic rings. The van der Waals surface area contributed by atoms with E-state index in [0.29, 0.717) is 0 Å². The maximum Gasteiger partial charge on any atom is 0.0767 e. The van der Waals surface area contributed by atoms with E-state index >= 15 is 0 Å². The third kappa shape index (κ3) is 4.17. The van der Waals surface area contributed by atoms with Gasteiger partial charge in [0.05, 0.1) is 5.69 Å². The molecule has 0 saturated carbocycles. The van der Waals surface area contributed by atoms with Gasteiger partial charge in [-0.15, -0.1) is 12.6 Å². The maximum absolute atomic E-state index is 4.86. The molecule has 0 N–H and O–H groups in total. The van der Waals surface area contributed by atoms with Gasteiger partial charge in [-0.1, -0.05) is 6.08 Å². The number of rotatable bonds is 3. The van der Waals surface area contributed by atoms with Crippen LogP contribution in [0.1, 0.15) is 44.9 Å². The van der Waals surface area contributed by atoms with Crippen molar-refractivity contribution in [1.82, 2.24) is 4.90 Å². The monoisotopic (exact) mass is 367 g/mol. The van der Waals surface area contributed by atoms with E-state index in [9.17, 15) is 0 Å². The Labute approximate surface area is 162 Å². The molecule has 3 aliphatic rings. The number of nitrogens with zero attached hydrogens (tertiary/aromatic N) is 3. The van der Waals surface area contributed by atoms with Gasteiger partial charge in [-0.25, -0.2) is 0 Å². The highest BCUT2D eigenvalue weighted by molar-refractivity contribution is 7.80. The van der Waals surface area contributed by atoms with Crippen LogP contribution in [-0.4, -0.2) is 36.8 Å². The Morgan fingerprint density at radius 3 is 2.12 bits per heavy atom. The lowest BCUT2D eigenvalue weighted by molar-refractivity contribution is 0.292. The van der Waals surface area contributed by atoms with E-state index in [1.165, 1.54) is 63.0 Å². The van der Waals surface area contributed by atoms with Crippen molar-refractivity contribution in [3.63, 3.8) is 0 Å². The molecular weight excluding hydrogens is 338 g/mol. The van der Waals surface area contributed by atoms with Gasteiger partial charge in [0.15, 0.2) is 0 Å². The van der Waals surface area contributed by atoms with Crippen LogP contribution < -0.4 is 4.90 Å². The molecule has 0 amide bonds. The second kappa shape index (κ2) is 8.34. The molecule has 0 radical (unpaired) electrons. The van der Waals surface area contributed by atoms with Crippen molar-refractivity contribution in [1.29, 1.82) is 0 Å². The average molecular weight is 368 g/mol. The molecule has 3 nitrogen and oxygen atoms in total. The zero-order chi connectivity index (χ0) is 17.8. The van der Waals surface area contributed by atoms with Crippen molar-refractivity contribution in [2.24, 2.45) is 4.99 Å². The van der Waals surface area contributed by atoms with Crippen molar-refractivity contribution in [2.45, 2.75) is 49.8 Å². The Balaban J connectivity index is 1.43. The third-order valence-electron chi connectivity index (χ3n) is 5.63. The minimum absolute atomic E-state index is 0.906. The standard InChI is InChI=1S/C22H29N3S/c26-22-17-20(25-15-5-2-6-16-25)11-12-21(22)23-18-7-9-19(10-8-18)24-13-3-1-4-14-24/h7,9-12,17,26H,1-6,8,13-16H2. The Bertz CT molecular complexity index is 723. The average Bonchev–Trinajstić information content (AvgIpc) is 2.71. The van der Waals surface area contributed by atoms with Crippen molar-refractivity contribution in [2.75, 3.05) is 31.1 Å². The van der Waals surface area contributed by atoms with Crippen LogP contribution in [0.3, 0.4) is 0 Å². The molecule has 0 atom stereocenters. The normalized spacial score (nSPS) is 22.7. The fraction of sp³-hybridized carbons (Fsp3) is 0.500. The second-order valence-electron chi connectivity index (χ2n) is 7.54. The SMILES string of the molecule is Sc1cc(N2CCCCC2)ccc1N=C1C=CC(N2CCCCC2)=CC1. The van der Waals surface area contributed by atoms with Gasteiger partial charge < -0.3 is 9.80 Å². The highest BCUT2D eigenvalue weighted by atomic mass is 32.1. The molecule has 1 aliphatic carbocycles. The highest BCUT2D eigenvalue weighted by Gasteiger charge is 2.15. The van der Waals surface area contributed by atoms with Gasteiger partial charge in [0.1, 0.15) is 0 Å². The van der Waals surface area contributed by atoms with Crippen molar-refractivity contribution in [3.05, 3.63) is 42.1 Å². The maximum atomic E-state index is 4.86. The molecule has 2 heterocycles. The molecule has 0 unspecified atom stereocenters. The van der Waals surface area contributed by atoms with Crippen LogP contribution in [0.4, 0.5) is 11.4 Å². The van der Waals surface area contributed by atoms with E-state index in [2.05, 4.69) is 46.2 Å². The lowest BCUT2D eigenvalue weighted by Crippen LogP contribution is -2.29. The zero-order valence-corrected chi connectivity index (χ0v) is 16.4. The predicted octanol–water partition coefficient (Wildman–Crippen LogP) is 5.37. The molecule has 138 valence electrons. The summed E-state index contributed by atoms with van der Waals surface area (Å²) >= 11 is 4.71. The molecule has 1 aromatic carbocycles. The van der Waals surface area contributed by atoms with Crippen molar-refractivity contribution in [3.8, 4) is 0 Å². The summed E-state index contributed by atoms with van der Waals surface area (Å²) in [5.41, 5.74) is 4.75. The fourth-order valence-electron chi connectivity index (χ4n) is 4.11. The third-order valence-corrected chi connectivity index (χ3v) is 5.99. The summed E-state index contributed by atoms with van der Waals surface area (Å²) in [6.07, 6.45) is 15.6. The molecule has 0 spiro atoms. The number of benzene rings is 1. The number of hydrogen-bond acceptors (Lipinski definition) is 4. The van der Waals surface area contributed by atoms with Gasteiger partial charge in [-0.05, 0) is 68.9 Å². The number of allylic oxidation sites excluding steroid dienone is 3. The van der Waals surface area contributed by atoms with E-state index in [-0.39, 0.29) is 0 Å². The van der Waals surface area contributed by atoms with E-state index in [0.717, 1.165) is 35.8 Å².